The number of carbonyl (C=O) groups excluding carboxylic acids is 3. The number of alkyl halides is 3. The van der Waals surface area contributed by atoms with Crippen LogP contribution in [0.5, 0.6) is 5.75 Å². The van der Waals surface area contributed by atoms with Crippen LogP contribution in [0.1, 0.15) is 47.5 Å². The molecule has 0 unspecified atom stereocenters. The number of Topliss-reactive ketones (excluding diaryl/α,β-unsaturated/α-hetero) is 1. The summed E-state index contributed by atoms with van der Waals surface area (Å²) in [5.74, 6) is -2.74. The van der Waals surface area contributed by atoms with Gasteiger partial charge >= 0.3 is 6.18 Å². The van der Waals surface area contributed by atoms with Crippen molar-refractivity contribution in [3.63, 3.8) is 0 Å². The second-order valence-corrected chi connectivity index (χ2v) is 10.1. The normalized spacial score (nSPS) is 23.3. The summed E-state index contributed by atoms with van der Waals surface area (Å²) in [5, 5.41) is 1.94. The van der Waals surface area contributed by atoms with Crippen molar-refractivity contribution in [3.05, 3.63) is 35.5 Å². The van der Waals surface area contributed by atoms with Gasteiger partial charge in [0.15, 0.2) is 5.78 Å². The Bertz CT molecular complexity index is 1000. The van der Waals surface area contributed by atoms with Crippen molar-refractivity contribution in [2.24, 2.45) is 10.8 Å². The molecular formula is C23H27F3N2O4. The minimum Gasteiger partial charge on any atom is -0.497 e. The van der Waals surface area contributed by atoms with Gasteiger partial charge in [0.05, 0.1) is 12.7 Å². The lowest BCUT2D eigenvalue weighted by Crippen LogP contribution is -2.67. The zero-order valence-electron chi connectivity index (χ0n) is 18.9. The van der Waals surface area contributed by atoms with E-state index >= 15 is 0 Å². The standard InChI is InChI=1S/C23H27F3N2O4/c1-20(2,3)18(30)27-22(23(24,25)26)17-15(11-21(4,5)12-16(17)29)28(19(22)31)13-7-9-14(32-6)10-8-13/h7-10H,11-12H2,1-6H3,(H,27,30)/t22-/m0/s1. The summed E-state index contributed by atoms with van der Waals surface area (Å²) in [5.41, 5.74) is -5.89. The number of amides is 2. The van der Waals surface area contributed by atoms with Crippen LogP contribution in [-0.2, 0) is 14.4 Å². The number of rotatable bonds is 3. The highest BCUT2D eigenvalue weighted by Crippen LogP contribution is 2.53. The van der Waals surface area contributed by atoms with Crippen molar-refractivity contribution in [3.8, 4) is 5.75 Å². The Balaban J connectivity index is 2.29. The number of anilines is 1. The largest absolute Gasteiger partial charge is 0.497 e. The van der Waals surface area contributed by atoms with E-state index in [-0.39, 0.29) is 24.2 Å². The summed E-state index contributed by atoms with van der Waals surface area (Å²) >= 11 is 0. The summed E-state index contributed by atoms with van der Waals surface area (Å²) in [6, 6.07) is 5.93. The van der Waals surface area contributed by atoms with Gasteiger partial charge in [-0.3, -0.25) is 19.3 Å². The Hall–Kier alpha value is -2.84. The van der Waals surface area contributed by atoms with Crippen molar-refractivity contribution < 1.29 is 32.3 Å². The molecule has 32 heavy (non-hydrogen) atoms. The minimum atomic E-state index is -5.23. The van der Waals surface area contributed by atoms with Gasteiger partial charge in [-0.05, 0) is 36.1 Å². The van der Waals surface area contributed by atoms with Gasteiger partial charge in [0, 0.05) is 23.2 Å². The highest BCUT2D eigenvalue weighted by Gasteiger charge is 2.72. The van der Waals surface area contributed by atoms with Gasteiger partial charge in [-0.1, -0.05) is 34.6 Å². The van der Waals surface area contributed by atoms with Gasteiger partial charge in [-0.2, -0.15) is 13.2 Å². The molecule has 0 aromatic heterocycles. The number of carbonyl (C=O) groups is 3. The number of allylic oxidation sites excluding steroid dienone is 1. The van der Waals surface area contributed by atoms with E-state index in [1.54, 1.807) is 13.8 Å². The average Bonchev–Trinajstić information content (AvgIpc) is 2.88. The van der Waals surface area contributed by atoms with Gasteiger partial charge < -0.3 is 10.1 Å². The van der Waals surface area contributed by atoms with Crippen LogP contribution in [0, 0.1) is 10.8 Å². The second-order valence-electron chi connectivity index (χ2n) is 10.1. The quantitative estimate of drug-likeness (QED) is 0.748. The number of benzene rings is 1. The lowest BCUT2D eigenvalue weighted by molar-refractivity contribution is -0.191. The van der Waals surface area contributed by atoms with E-state index in [1.807, 2.05) is 5.32 Å². The van der Waals surface area contributed by atoms with E-state index in [2.05, 4.69) is 0 Å². The van der Waals surface area contributed by atoms with Crippen molar-refractivity contribution in [1.29, 1.82) is 0 Å². The van der Waals surface area contributed by atoms with Crippen LogP contribution in [0.2, 0.25) is 0 Å². The molecule has 1 N–H and O–H groups in total. The van der Waals surface area contributed by atoms with E-state index < -0.39 is 45.7 Å². The first-order chi connectivity index (χ1) is 14.5. The molecular weight excluding hydrogens is 425 g/mol. The number of methoxy groups -OCH3 is 1. The van der Waals surface area contributed by atoms with Gasteiger partial charge in [0.1, 0.15) is 5.75 Å². The molecule has 9 heteroatoms. The van der Waals surface area contributed by atoms with Gasteiger partial charge in [-0.25, -0.2) is 0 Å². The topological polar surface area (TPSA) is 75.7 Å². The molecule has 2 aliphatic rings. The van der Waals surface area contributed by atoms with Crippen LogP contribution in [0.25, 0.3) is 0 Å². The third kappa shape index (κ3) is 3.67. The third-order valence-corrected chi connectivity index (χ3v) is 5.76. The van der Waals surface area contributed by atoms with Crippen molar-refractivity contribution in [1.82, 2.24) is 5.32 Å². The number of nitrogens with one attached hydrogen (secondary N) is 1. The molecule has 2 amide bonds. The maximum Gasteiger partial charge on any atom is 0.425 e. The van der Waals surface area contributed by atoms with Crippen molar-refractivity contribution >= 4 is 23.3 Å². The van der Waals surface area contributed by atoms with Gasteiger partial charge in [0.25, 0.3) is 5.91 Å². The fraction of sp³-hybridized carbons (Fsp3) is 0.522. The molecule has 1 aromatic carbocycles. The molecule has 174 valence electrons. The summed E-state index contributed by atoms with van der Waals surface area (Å²) in [7, 11) is 1.44. The Morgan fingerprint density at radius 2 is 1.62 bits per heavy atom. The summed E-state index contributed by atoms with van der Waals surface area (Å²) in [4.78, 5) is 40.3. The molecule has 1 atom stereocenters. The number of ether oxygens (including phenoxy) is 1. The van der Waals surface area contributed by atoms with Crippen LogP contribution >= 0.6 is 0 Å². The predicted molar refractivity (Wildman–Crippen MR) is 112 cm³/mol. The SMILES string of the molecule is COc1ccc(N2C(=O)[C@](NC(=O)C(C)(C)C)(C(F)(F)F)C3=C2CC(C)(C)CC3=O)cc1. The van der Waals surface area contributed by atoms with Crippen LogP contribution in [0.3, 0.4) is 0 Å². The van der Waals surface area contributed by atoms with E-state index in [4.69, 9.17) is 4.74 Å². The fourth-order valence-corrected chi connectivity index (χ4v) is 4.11. The molecule has 0 radical (unpaired) electrons. The number of hydrogen-bond donors (Lipinski definition) is 1. The average molecular weight is 452 g/mol. The molecule has 0 spiro atoms. The summed E-state index contributed by atoms with van der Waals surface area (Å²) in [6.45, 7) is 7.83. The molecule has 6 nitrogen and oxygen atoms in total. The lowest BCUT2D eigenvalue weighted by atomic mass is 9.72. The lowest BCUT2D eigenvalue weighted by Gasteiger charge is -2.37. The molecule has 3 rings (SSSR count). The first kappa shape index (κ1) is 23.8. The second kappa shape index (κ2) is 7.35. The Kier molecular flexibility index (Phi) is 5.47. The fourth-order valence-electron chi connectivity index (χ4n) is 4.11. The van der Waals surface area contributed by atoms with E-state index in [9.17, 15) is 27.6 Å². The van der Waals surface area contributed by atoms with Gasteiger partial charge in [0.2, 0.25) is 11.4 Å². The van der Waals surface area contributed by atoms with Crippen LogP contribution in [-0.4, -0.2) is 36.4 Å². The van der Waals surface area contributed by atoms with Gasteiger partial charge in [-0.15, -0.1) is 0 Å². The Morgan fingerprint density at radius 1 is 1.06 bits per heavy atom. The number of hydrogen-bond acceptors (Lipinski definition) is 4. The Morgan fingerprint density at radius 3 is 2.09 bits per heavy atom. The van der Waals surface area contributed by atoms with Crippen LogP contribution in [0.15, 0.2) is 35.5 Å². The first-order valence-corrected chi connectivity index (χ1v) is 10.2. The molecule has 1 heterocycles. The zero-order valence-corrected chi connectivity index (χ0v) is 18.9. The molecule has 0 saturated carbocycles. The van der Waals surface area contributed by atoms with Crippen LogP contribution < -0.4 is 15.0 Å². The van der Waals surface area contributed by atoms with E-state index in [0.29, 0.717) is 5.75 Å². The van der Waals surface area contributed by atoms with Crippen LogP contribution in [0.4, 0.5) is 18.9 Å². The monoisotopic (exact) mass is 452 g/mol. The molecule has 1 aromatic rings. The molecule has 0 bridgehead atoms. The smallest absolute Gasteiger partial charge is 0.425 e. The van der Waals surface area contributed by atoms with Crippen molar-refractivity contribution in [2.75, 3.05) is 12.0 Å². The minimum absolute atomic E-state index is 0.0343. The summed E-state index contributed by atoms with van der Waals surface area (Å²) in [6.07, 6.45) is -5.34. The van der Waals surface area contributed by atoms with E-state index in [1.165, 1.54) is 52.1 Å². The zero-order chi connectivity index (χ0) is 24.3. The molecule has 0 fully saturated rings. The molecule has 0 saturated heterocycles. The number of halogens is 3. The van der Waals surface area contributed by atoms with E-state index in [0.717, 1.165) is 4.90 Å². The number of ketones is 1. The number of nitrogens with zero attached hydrogens (tertiary/aromatic N) is 1. The highest BCUT2D eigenvalue weighted by atomic mass is 19.4. The third-order valence-electron chi connectivity index (χ3n) is 5.76. The first-order valence-electron chi connectivity index (χ1n) is 10.2. The Labute approximate surface area is 184 Å². The highest BCUT2D eigenvalue weighted by molar-refractivity contribution is 6.20. The predicted octanol–water partition coefficient (Wildman–Crippen LogP) is 4.15. The maximum absolute atomic E-state index is 14.7. The maximum atomic E-state index is 14.7. The van der Waals surface area contributed by atoms with Crippen molar-refractivity contribution in [2.45, 2.75) is 59.2 Å². The molecule has 1 aliphatic carbocycles. The molecule has 1 aliphatic heterocycles. The summed E-state index contributed by atoms with van der Waals surface area (Å²) < 4.78 is 49.2.